The Bertz CT molecular complexity index is 2540. The monoisotopic (exact) mass is 587 g/mol. The van der Waals surface area contributed by atoms with Crippen molar-refractivity contribution in [2.45, 2.75) is 6.92 Å². The largest absolute Gasteiger partial charge is 0.276 e. The van der Waals surface area contributed by atoms with Crippen LogP contribution in [-0.4, -0.2) is 14.5 Å². The molecule has 0 spiro atoms. The first-order valence-electron chi connectivity index (χ1n) is 15.7. The van der Waals surface area contributed by atoms with Crippen LogP contribution in [0, 0.1) is 6.92 Å². The predicted molar refractivity (Wildman–Crippen MR) is 192 cm³/mol. The van der Waals surface area contributed by atoms with Crippen molar-refractivity contribution in [3.63, 3.8) is 0 Å². The normalized spacial score (nSPS) is 11.6. The van der Waals surface area contributed by atoms with Crippen molar-refractivity contribution in [3.8, 4) is 39.6 Å². The van der Waals surface area contributed by atoms with E-state index >= 15 is 0 Å². The van der Waals surface area contributed by atoms with E-state index in [1.165, 1.54) is 49.0 Å². The number of pyridine rings is 1. The predicted octanol–water partition coefficient (Wildman–Crippen LogP) is 11.2. The average Bonchev–Trinajstić information content (AvgIpc) is 3.49. The molecule has 0 N–H and O–H groups in total. The van der Waals surface area contributed by atoms with Gasteiger partial charge in [-0.1, -0.05) is 127 Å². The van der Waals surface area contributed by atoms with Gasteiger partial charge in [0.05, 0.1) is 16.7 Å². The van der Waals surface area contributed by atoms with Crippen LogP contribution in [0.1, 0.15) is 5.56 Å². The zero-order valence-electron chi connectivity index (χ0n) is 25.4. The Balaban J connectivity index is 1.32. The molecule has 3 heteroatoms. The Morgan fingerprint density at radius 2 is 1.11 bits per heavy atom. The third kappa shape index (κ3) is 4.21. The molecule has 0 aliphatic heterocycles. The summed E-state index contributed by atoms with van der Waals surface area (Å²) >= 11 is 0. The van der Waals surface area contributed by atoms with E-state index in [1.54, 1.807) is 0 Å². The number of imidazole rings is 1. The van der Waals surface area contributed by atoms with Gasteiger partial charge in [-0.2, -0.15) is 0 Å². The molecule has 0 aliphatic carbocycles. The molecule has 0 fully saturated rings. The molecule has 0 radical (unpaired) electrons. The lowest BCUT2D eigenvalue weighted by atomic mass is 9.87. The SMILES string of the molecule is Cc1ccc2c(c1)nc(-c1ccccc1)n2-c1cccc(-c2c3ccccc3c(-c3ccc4ccccc4c3)c3ccccc23)n1. The minimum Gasteiger partial charge on any atom is -0.276 e. The molecule has 0 bridgehead atoms. The van der Waals surface area contributed by atoms with Crippen molar-refractivity contribution in [1.29, 1.82) is 0 Å². The fraction of sp³-hybridized carbons (Fsp3) is 0.0233. The maximum atomic E-state index is 5.41. The van der Waals surface area contributed by atoms with Gasteiger partial charge in [0.2, 0.25) is 0 Å². The van der Waals surface area contributed by atoms with Crippen LogP contribution in [0.2, 0.25) is 0 Å². The number of aryl methyl sites for hydroxylation is 1. The van der Waals surface area contributed by atoms with E-state index in [0.29, 0.717) is 0 Å². The summed E-state index contributed by atoms with van der Waals surface area (Å²) in [4.78, 5) is 10.5. The average molecular weight is 588 g/mol. The van der Waals surface area contributed by atoms with E-state index in [2.05, 4.69) is 163 Å². The van der Waals surface area contributed by atoms with Crippen LogP contribution < -0.4 is 0 Å². The smallest absolute Gasteiger partial charge is 0.146 e. The van der Waals surface area contributed by atoms with Crippen LogP contribution in [0.3, 0.4) is 0 Å². The van der Waals surface area contributed by atoms with E-state index in [9.17, 15) is 0 Å². The Hall–Kier alpha value is -6.06. The number of aromatic nitrogens is 3. The molecular weight excluding hydrogens is 558 g/mol. The van der Waals surface area contributed by atoms with Gasteiger partial charge in [0.1, 0.15) is 11.6 Å². The van der Waals surface area contributed by atoms with Crippen molar-refractivity contribution >= 4 is 43.4 Å². The highest BCUT2D eigenvalue weighted by Crippen LogP contribution is 2.44. The van der Waals surface area contributed by atoms with Crippen molar-refractivity contribution in [2.24, 2.45) is 0 Å². The number of nitrogens with zero attached hydrogens (tertiary/aromatic N) is 3. The summed E-state index contributed by atoms with van der Waals surface area (Å²) in [5.74, 6) is 1.72. The van der Waals surface area contributed by atoms with Gasteiger partial charge in [-0.05, 0) is 86.3 Å². The van der Waals surface area contributed by atoms with Crippen molar-refractivity contribution in [3.05, 3.63) is 163 Å². The first kappa shape index (κ1) is 26.4. The molecule has 46 heavy (non-hydrogen) atoms. The molecule has 9 rings (SSSR count). The number of hydrogen-bond acceptors (Lipinski definition) is 2. The molecule has 0 saturated heterocycles. The van der Waals surface area contributed by atoms with Crippen LogP contribution in [0.4, 0.5) is 0 Å². The van der Waals surface area contributed by atoms with Gasteiger partial charge in [0.15, 0.2) is 0 Å². The Morgan fingerprint density at radius 3 is 1.85 bits per heavy atom. The topological polar surface area (TPSA) is 30.7 Å². The molecule has 0 amide bonds. The number of rotatable bonds is 4. The Morgan fingerprint density at radius 1 is 0.457 bits per heavy atom. The zero-order chi connectivity index (χ0) is 30.6. The highest BCUT2D eigenvalue weighted by Gasteiger charge is 2.20. The Kier molecular flexibility index (Phi) is 6.04. The highest BCUT2D eigenvalue weighted by molar-refractivity contribution is 6.21. The summed E-state index contributed by atoms with van der Waals surface area (Å²) in [5, 5.41) is 7.28. The van der Waals surface area contributed by atoms with Crippen LogP contribution >= 0.6 is 0 Å². The summed E-state index contributed by atoms with van der Waals surface area (Å²) < 4.78 is 2.20. The Labute approximate surface area is 267 Å². The van der Waals surface area contributed by atoms with Crippen LogP contribution in [-0.2, 0) is 0 Å². The van der Waals surface area contributed by atoms with Crippen molar-refractivity contribution in [2.75, 3.05) is 0 Å². The standard InChI is InChI=1S/C43H29N3/c1-28-22-25-39-38(26-28)45-43(30-13-3-2-4-14-30)46(39)40-21-11-20-37(44-40)42-35-18-9-7-16-33(35)41(34-17-8-10-19-36(34)42)32-24-23-29-12-5-6-15-31(29)27-32/h2-27H,1H3. The van der Waals surface area contributed by atoms with Gasteiger partial charge in [-0.15, -0.1) is 0 Å². The molecule has 0 saturated carbocycles. The second kappa shape index (κ2) is 10.5. The van der Waals surface area contributed by atoms with Crippen LogP contribution in [0.15, 0.2) is 158 Å². The summed E-state index contributed by atoms with van der Waals surface area (Å²) in [7, 11) is 0. The molecule has 2 heterocycles. The number of hydrogen-bond donors (Lipinski definition) is 0. The van der Waals surface area contributed by atoms with Crippen molar-refractivity contribution in [1.82, 2.24) is 14.5 Å². The van der Waals surface area contributed by atoms with Crippen LogP contribution in [0.5, 0.6) is 0 Å². The van der Waals surface area contributed by atoms with E-state index < -0.39 is 0 Å². The molecule has 9 aromatic rings. The quantitative estimate of drug-likeness (QED) is 0.192. The number of benzene rings is 7. The van der Waals surface area contributed by atoms with Gasteiger partial charge < -0.3 is 0 Å². The lowest BCUT2D eigenvalue weighted by molar-refractivity contribution is 1.03. The second-order valence-electron chi connectivity index (χ2n) is 11.9. The number of fused-ring (bicyclic) bond motifs is 4. The zero-order valence-corrected chi connectivity index (χ0v) is 25.4. The lowest BCUT2D eigenvalue weighted by Crippen LogP contribution is -2.02. The maximum Gasteiger partial charge on any atom is 0.146 e. The van der Waals surface area contributed by atoms with Crippen LogP contribution in [0.25, 0.3) is 82.9 Å². The third-order valence-corrected chi connectivity index (χ3v) is 9.03. The first-order valence-corrected chi connectivity index (χ1v) is 15.7. The molecule has 7 aromatic carbocycles. The minimum atomic E-state index is 0.842. The lowest BCUT2D eigenvalue weighted by Gasteiger charge is -2.18. The van der Waals surface area contributed by atoms with E-state index in [-0.39, 0.29) is 0 Å². The first-order chi connectivity index (χ1) is 22.7. The van der Waals surface area contributed by atoms with Gasteiger partial charge in [0.25, 0.3) is 0 Å². The maximum absolute atomic E-state index is 5.41. The minimum absolute atomic E-state index is 0.842. The summed E-state index contributed by atoms with van der Waals surface area (Å²) in [6.45, 7) is 2.11. The summed E-state index contributed by atoms with van der Waals surface area (Å²) in [6, 6.07) is 56.1. The van der Waals surface area contributed by atoms with Gasteiger partial charge in [0, 0.05) is 11.1 Å². The van der Waals surface area contributed by atoms with Gasteiger partial charge in [-0.25, -0.2) is 9.97 Å². The highest BCUT2D eigenvalue weighted by atomic mass is 15.1. The molecule has 216 valence electrons. The molecule has 3 nitrogen and oxygen atoms in total. The third-order valence-electron chi connectivity index (χ3n) is 9.03. The van der Waals surface area contributed by atoms with E-state index in [4.69, 9.17) is 9.97 Å². The summed E-state index contributed by atoms with van der Waals surface area (Å²) in [6.07, 6.45) is 0. The second-order valence-corrected chi connectivity index (χ2v) is 11.9. The molecule has 0 aliphatic rings. The molecule has 0 unspecified atom stereocenters. The fourth-order valence-corrected chi connectivity index (χ4v) is 6.95. The van der Waals surface area contributed by atoms with E-state index in [0.717, 1.165) is 39.5 Å². The van der Waals surface area contributed by atoms with Gasteiger partial charge in [-0.3, -0.25) is 4.57 Å². The van der Waals surface area contributed by atoms with E-state index in [1.807, 2.05) is 6.07 Å². The van der Waals surface area contributed by atoms with Gasteiger partial charge >= 0.3 is 0 Å². The molecular formula is C43H29N3. The molecule has 0 atom stereocenters. The fourth-order valence-electron chi connectivity index (χ4n) is 6.95. The molecule has 2 aromatic heterocycles. The van der Waals surface area contributed by atoms with Crippen molar-refractivity contribution < 1.29 is 0 Å². The summed E-state index contributed by atoms with van der Waals surface area (Å²) in [5.41, 5.74) is 8.77.